The van der Waals surface area contributed by atoms with Crippen LogP contribution in [0.1, 0.15) is 40.3 Å². The summed E-state index contributed by atoms with van der Waals surface area (Å²) in [5, 5.41) is 6.77. The minimum Gasteiger partial charge on any atom is -0.455 e. The molecule has 0 radical (unpaired) electrons. The van der Waals surface area contributed by atoms with Crippen molar-refractivity contribution >= 4 is 27.5 Å². The van der Waals surface area contributed by atoms with E-state index in [1.54, 1.807) is 31.3 Å². The molecular weight excluding hydrogens is 423 g/mol. The van der Waals surface area contributed by atoms with Gasteiger partial charge in [-0.2, -0.15) is 18.4 Å². The van der Waals surface area contributed by atoms with Crippen LogP contribution in [0.2, 0.25) is 0 Å². The van der Waals surface area contributed by atoms with Crippen molar-refractivity contribution in [1.29, 1.82) is 0 Å². The van der Waals surface area contributed by atoms with Crippen molar-refractivity contribution in [3.63, 3.8) is 0 Å². The van der Waals surface area contributed by atoms with Crippen LogP contribution in [-0.4, -0.2) is 25.0 Å². The molecule has 3 aromatic rings. The maximum atomic E-state index is 13.1. The highest BCUT2D eigenvalue weighted by Gasteiger charge is 2.28. The fraction of sp³-hybridized carbons (Fsp3) is 0.190. The van der Waals surface area contributed by atoms with Gasteiger partial charge in [0.1, 0.15) is 17.4 Å². The minimum atomic E-state index is -3.96. The molecule has 0 aliphatic heterocycles. The molecule has 2 aromatic heterocycles. The number of nitrogens with one attached hydrogen (secondary N) is 2. The van der Waals surface area contributed by atoms with E-state index in [1.165, 1.54) is 0 Å². The van der Waals surface area contributed by atoms with E-state index in [0.717, 1.165) is 24.3 Å². The van der Waals surface area contributed by atoms with E-state index in [-0.39, 0.29) is 10.7 Å². The summed E-state index contributed by atoms with van der Waals surface area (Å²) in [5.74, 6) is 0.119. The number of anilines is 1. The van der Waals surface area contributed by atoms with Gasteiger partial charge in [0.15, 0.2) is 5.76 Å². The van der Waals surface area contributed by atoms with Crippen molar-refractivity contribution in [2.75, 3.05) is 5.32 Å². The van der Waals surface area contributed by atoms with E-state index in [4.69, 9.17) is 4.42 Å². The van der Waals surface area contributed by atoms with Crippen LogP contribution in [0.15, 0.2) is 63.1 Å². The van der Waals surface area contributed by atoms with E-state index in [0.29, 0.717) is 47.7 Å². The van der Waals surface area contributed by atoms with Crippen LogP contribution in [0.4, 0.5) is 10.2 Å². The number of halogens is 1. The van der Waals surface area contributed by atoms with Gasteiger partial charge in [-0.15, -0.1) is 0 Å². The van der Waals surface area contributed by atoms with E-state index in [1.807, 2.05) is 0 Å². The Bertz CT molecular complexity index is 1250. The summed E-state index contributed by atoms with van der Waals surface area (Å²) >= 11 is 0. The largest absolute Gasteiger partial charge is 0.455 e. The zero-order valence-corrected chi connectivity index (χ0v) is 17.4. The van der Waals surface area contributed by atoms with E-state index >= 15 is 0 Å². The van der Waals surface area contributed by atoms with Crippen LogP contribution in [0.25, 0.3) is 0 Å². The number of hydrogen-bond donors (Lipinski definition) is 2. The number of nitrogens with zero attached hydrogens (tertiary/aromatic N) is 2. The Labute approximate surface area is 178 Å². The fourth-order valence-electron chi connectivity index (χ4n) is 3.39. The highest BCUT2D eigenvalue weighted by molar-refractivity contribution is 7.89. The summed E-state index contributed by atoms with van der Waals surface area (Å²) in [4.78, 5) is 18.8. The number of aromatic nitrogens is 1. The summed E-state index contributed by atoms with van der Waals surface area (Å²) in [6.45, 7) is 1.73. The van der Waals surface area contributed by atoms with Gasteiger partial charge in [0, 0.05) is 23.7 Å². The number of carbonyl (C=O) groups excluding carboxylic acids is 1. The molecule has 0 unspecified atom stereocenters. The van der Waals surface area contributed by atoms with Gasteiger partial charge in [-0.05, 0) is 56.2 Å². The topological polar surface area (TPSA) is 114 Å². The molecule has 1 aromatic carbocycles. The van der Waals surface area contributed by atoms with Gasteiger partial charge in [-0.3, -0.25) is 4.79 Å². The molecule has 0 bridgehead atoms. The lowest BCUT2D eigenvalue weighted by molar-refractivity contribution is 0.0993. The molecule has 0 spiro atoms. The maximum Gasteiger partial charge on any atom is 0.292 e. The summed E-state index contributed by atoms with van der Waals surface area (Å²) in [7, 11) is -3.96. The average molecular weight is 442 g/mol. The Morgan fingerprint density at radius 1 is 1.16 bits per heavy atom. The number of benzene rings is 1. The first-order valence-electron chi connectivity index (χ1n) is 9.54. The number of hydrazone groups is 1. The Balaban J connectivity index is 1.60. The lowest BCUT2D eigenvalue weighted by Gasteiger charge is -2.14. The third-order valence-electron chi connectivity index (χ3n) is 4.86. The predicted molar refractivity (Wildman–Crippen MR) is 112 cm³/mol. The number of sulfonamides is 1. The molecule has 31 heavy (non-hydrogen) atoms. The second-order valence-electron chi connectivity index (χ2n) is 6.98. The number of furan rings is 1. The van der Waals surface area contributed by atoms with E-state index < -0.39 is 21.7 Å². The Morgan fingerprint density at radius 3 is 2.65 bits per heavy atom. The minimum absolute atomic E-state index is 0.103. The van der Waals surface area contributed by atoms with Crippen LogP contribution in [0.3, 0.4) is 0 Å². The fourth-order valence-corrected chi connectivity index (χ4v) is 4.22. The van der Waals surface area contributed by atoms with Gasteiger partial charge in [0.2, 0.25) is 0 Å². The lowest BCUT2D eigenvalue weighted by Crippen LogP contribution is -2.22. The number of pyridine rings is 1. The van der Waals surface area contributed by atoms with Gasteiger partial charge in [0.05, 0.1) is 10.6 Å². The first-order chi connectivity index (χ1) is 14.8. The number of carbonyl (C=O) groups is 1. The molecule has 4 rings (SSSR count). The monoisotopic (exact) mass is 442 g/mol. The zero-order chi connectivity index (χ0) is 22.0. The predicted octanol–water partition coefficient (Wildman–Crippen LogP) is 3.39. The number of fused-ring (bicyclic) bond motifs is 1. The number of amides is 1. The van der Waals surface area contributed by atoms with Crippen molar-refractivity contribution in [1.82, 2.24) is 9.82 Å². The molecule has 0 atom stereocenters. The summed E-state index contributed by atoms with van der Waals surface area (Å²) < 4.78 is 43.8. The zero-order valence-electron chi connectivity index (χ0n) is 16.6. The maximum absolute atomic E-state index is 13.1. The summed E-state index contributed by atoms with van der Waals surface area (Å²) in [6.07, 6.45) is 3.38. The Hall–Kier alpha value is -3.53. The first-order valence-corrected chi connectivity index (χ1v) is 11.0. The molecule has 160 valence electrons. The third kappa shape index (κ3) is 4.33. The van der Waals surface area contributed by atoms with Gasteiger partial charge < -0.3 is 9.73 Å². The molecule has 0 saturated heterocycles. The molecular formula is C21H19FN4O4S. The van der Waals surface area contributed by atoms with Crippen molar-refractivity contribution in [2.45, 2.75) is 31.1 Å². The second kappa shape index (κ2) is 8.31. The molecule has 0 saturated carbocycles. The number of hydrogen-bond acceptors (Lipinski definition) is 6. The second-order valence-corrected chi connectivity index (χ2v) is 8.65. The molecule has 8 nitrogen and oxygen atoms in total. The summed E-state index contributed by atoms with van der Waals surface area (Å²) in [6, 6.07) is 9.59. The van der Waals surface area contributed by atoms with Gasteiger partial charge in [-0.25, -0.2) is 9.37 Å². The van der Waals surface area contributed by atoms with E-state index in [2.05, 4.69) is 20.2 Å². The first kappa shape index (κ1) is 20.7. The Morgan fingerprint density at radius 2 is 1.94 bits per heavy atom. The van der Waals surface area contributed by atoms with Crippen molar-refractivity contribution < 1.29 is 22.0 Å². The van der Waals surface area contributed by atoms with Crippen LogP contribution in [-0.2, 0) is 16.4 Å². The molecule has 1 amide bonds. The van der Waals surface area contributed by atoms with Crippen LogP contribution in [0, 0.1) is 12.7 Å². The van der Waals surface area contributed by atoms with Gasteiger partial charge in [0.25, 0.3) is 15.9 Å². The highest BCUT2D eigenvalue weighted by atomic mass is 32.2. The van der Waals surface area contributed by atoms with Crippen molar-refractivity contribution in [2.24, 2.45) is 5.10 Å². The molecule has 1 aliphatic carbocycles. The molecule has 2 heterocycles. The van der Waals surface area contributed by atoms with E-state index in [9.17, 15) is 17.6 Å². The summed E-state index contributed by atoms with van der Waals surface area (Å²) in [5.41, 5.74) is 1.67. The average Bonchev–Trinajstić information content (AvgIpc) is 3.11. The molecule has 2 N–H and O–H groups in total. The van der Waals surface area contributed by atoms with Crippen LogP contribution in [0.5, 0.6) is 0 Å². The quantitative estimate of drug-likeness (QED) is 0.588. The van der Waals surface area contributed by atoms with Crippen LogP contribution >= 0.6 is 0 Å². The van der Waals surface area contributed by atoms with Gasteiger partial charge >= 0.3 is 0 Å². The SMILES string of the molecule is Cc1c(C(=O)Nc2ccccn2)oc2c1/C(=N/NS(=O)(=O)c1ccc(F)cc1)CCC2. The Kier molecular flexibility index (Phi) is 5.55. The molecule has 1 aliphatic rings. The molecule has 0 fully saturated rings. The van der Waals surface area contributed by atoms with Crippen molar-refractivity contribution in [3.8, 4) is 0 Å². The number of aryl methyl sites for hydroxylation is 1. The lowest BCUT2D eigenvalue weighted by atomic mass is 9.93. The van der Waals surface area contributed by atoms with Crippen molar-refractivity contribution in [3.05, 3.63) is 77.1 Å². The molecule has 10 heteroatoms. The highest BCUT2D eigenvalue weighted by Crippen LogP contribution is 2.30. The van der Waals surface area contributed by atoms with Gasteiger partial charge in [-0.1, -0.05) is 6.07 Å². The van der Waals surface area contributed by atoms with Crippen LogP contribution < -0.4 is 10.1 Å². The standard InChI is InChI=1S/C21H19FN4O4S/c1-13-19-16(25-26-31(28,29)15-10-8-14(22)9-11-15)5-4-6-17(19)30-20(13)21(27)24-18-7-2-3-12-23-18/h2-3,7-12,26H,4-6H2,1H3,(H,23,24,27)/b25-16+. The normalized spacial score (nSPS) is 14.8. The number of rotatable bonds is 5. The smallest absolute Gasteiger partial charge is 0.292 e. The third-order valence-corrected chi connectivity index (χ3v) is 6.09.